The van der Waals surface area contributed by atoms with Crippen LogP contribution < -0.4 is 0 Å². The van der Waals surface area contributed by atoms with Gasteiger partial charge in [-0.15, -0.1) is 10.2 Å². The summed E-state index contributed by atoms with van der Waals surface area (Å²) in [7, 11) is 0. The van der Waals surface area contributed by atoms with Gasteiger partial charge in [0, 0.05) is 12.1 Å². The first-order valence-corrected chi connectivity index (χ1v) is 9.78. The van der Waals surface area contributed by atoms with Gasteiger partial charge < -0.3 is 9.47 Å². The average molecular weight is 378 g/mol. The second kappa shape index (κ2) is 6.96. The maximum absolute atomic E-state index is 13.3. The molecule has 7 heteroatoms. The van der Waals surface area contributed by atoms with Crippen LogP contribution in [0.5, 0.6) is 0 Å². The third kappa shape index (κ3) is 3.25. The van der Waals surface area contributed by atoms with Crippen LogP contribution in [0, 0.1) is 26.7 Å². The second-order valence-electron chi connectivity index (χ2n) is 8.10. The molecule has 0 saturated heterocycles. The average Bonchev–Trinajstić information content (AvgIpc) is 3.02. The van der Waals surface area contributed by atoms with Crippen LogP contribution in [-0.2, 0) is 6.54 Å². The number of hydrogen-bond acceptors (Lipinski definition) is 5. The monoisotopic (exact) mass is 378 g/mol. The van der Waals surface area contributed by atoms with E-state index < -0.39 is 0 Å². The summed E-state index contributed by atoms with van der Waals surface area (Å²) < 4.78 is 2.20. The molecule has 4 rings (SSSR count). The molecule has 1 aliphatic heterocycles. The second-order valence-corrected chi connectivity index (χ2v) is 8.10. The van der Waals surface area contributed by atoms with Crippen LogP contribution in [-0.4, -0.2) is 42.1 Å². The zero-order valence-corrected chi connectivity index (χ0v) is 17.1. The van der Waals surface area contributed by atoms with Gasteiger partial charge in [0.15, 0.2) is 5.82 Å². The number of nitrogens with zero attached hydrogens (tertiary/aromatic N) is 6. The van der Waals surface area contributed by atoms with Crippen molar-refractivity contribution in [1.29, 1.82) is 0 Å². The fourth-order valence-electron chi connectivity index (χ4n) is 3.99. The Morgan fingerprint density at radius 2 is 1.82 bits per heavy atom. The molecule has 1 aliphatic rings. The number of hydrogen-bond donors (Lipinski definition) is 0. The van der Waals surface area contributed by atoms with E-state index in [1.807, 2.05) is 43.9 Å². The molecular weight excluding hydrogens is 352 g/mol. The predicted molar refractivity (Wildman–Crippen MR) is 107 cm³/mol. The van der Waals surface area contributed by atoms with Crippen LogP contribution in [0.25, 0.3) is 11.0 Å². The molecule has 1 atom stereocenters. The highest BCUT2D eigenvalue weighted by atomic mass is 16.2. The molecule has 1 amide bonds. The van der Waals surface area contributed by atoms with Gasteiger partial charge in [-0.1, -0.05) is 13.8 Å². The molecule has 3 aromatic rings. The van der Waals surface area contributed by atoms with Gasteiger partial charge in [0.25, 0.3) is 5.91 Å². The van der Waals surface area contributed by atoms with Gasteiger partial charge in [-0.2, -0.15) is 0 Å². The molecule has 2 aromatic heterocycles. The van der Waals surface area contributed by atoms with Gasteiger partial charge in [-0.25, -0.2) is 9.97 Å². The van der Waals surface area contributed by atoms with Gasteiger partial charge in [0.1, 0.15) is 5.82 Å². The molecule has 0 saturated carbocycles. The van der Waals surface area contributed by atoms with E-state index in [0.717, 1.165) is 40.5 Å². The van der Waals surface area contributed by atoms with Gasteiger partial charge in [0.2, 0.25) is 0 Å². The highest BCUT2D eigenvalue weighted by molar-refractivity contribution is 5.97. The fraction of sp³-hybridized carbons (Fsp3) is 0.476. The van der Waals surface area contributed by atoms with E-state index in [2.05, 4.69) is 38.6 Å². The largest absolute Gasteiger partial charge is 0.329 e. The summed E-state index contributed by atoms with van der Waals surface area (Å²) in [4.78, 5) is 24.3. The minimum Gasteiger partial charge on any atom is -0.329 e. The van der Waals surface area contributed by atoms with E-state index in [0.29, 0.717) is 24.6 Å². The Morgan fingerprint density at radius 3 is 2.54 bits per heavy atom. The van der Waals surface area contributed by atoms with Gasteiger partial charge in [-0.3, -0.25) is 4.79 Å². The maximum Gasteiger partial charge on any atom is 0.254 e. The van der Waals surface area contributed by atoms with E-state index in [4.69, 9.17) is 0 Å². The van der Waals surface area contributed by atoms with Crippen molar-refractivity contribution in [2.24, 2.45) is 5.92 Å². The molecule has 0 fully saturated rings. The first kappa shape index (κ1) is 18.5. The number of aryl methyl sites for hydroxylation is 3. The highest BCUT2D eigenvalue weighted by Gasteiger charge is 2.31. The Labute approximate surface area is 164 Å². The number of aromatic nitrogens is 5. The molecule has 3 heterocycles. The lowest BCUT2D eigenvalue weighted by Gasteiger charge is -2.35. The van der Waals surface area contributed by atoms with E-state index in [9.17, 15) is 4.79 Å². The Balaban J connectivity index is 1.66. The van der Waals surface area contributed by atoms with Gasteiger partial charge in [0.05, 0.1) is 35.0 Å². The lowest BCUT2D eigenvalue weighted by Crippen LogP contribution is -2.42. The standard InChI is InChI=1S/C21H26N6O/c1-12(2)8-17-10-26(11-20-25-24-15(5)27(17)20)21(28)16-6-7-18-19(9-16)23-14(4)13(3)22-18/h6-7,9,12,17H,8,10-11H2,1-5H3/t17-/m0/s1. The Bertz CT molecular complexity index is 1050. The first-order valence-electron chi connectivity index (χ1n) is 9.78. The number of amides is 1. The minimum atomic E-state index is 0.00240. The zero-order valence-electron chi connectivity index (χ0n) is 17.1. The van der Waals surface area contributed by atoms with Crippen LogP contribution in [0.4, 0.5) is 0 Å². The smallest absolute Gasteiger partial charge is 0.254 e. The van der Waals surface area contributed by atoms with Gasteiger partial charge >= 0.3 is 0 Å². The normalized spacial score (nSPS) is 16.6. The maximum atomic E-state index is 13.3. The lowest BCUT2D eigenvalue weighted by molar-refractivity contribution is 0.0661. The molecule has 7 nitrogen and oxygen atoms in total. The molecule has 0 N–H and O–H groups in total. The van der Waals surface area contributed by atoms with Crippen molar-refractivity contribution >= 4 is 16.9 Å². The SMILES string of the molecule is Cc1nc2ccc(C(=O)N3Cc4nnc(C)n4[C@@H](CC(C)C)C3)cc2nc1C. The van der Waals surface area contributed by atoms with Crippen molar-refractivity contribution < 1.29 is 4.79 Å². The molecule has 0 aliphatic carbocycles. The fourth-order valence-corrected chi connectivity index (χ4v) is 3.99. The molecule has 146 valence electrons. The van der Waals surface area contributed by atoms with Crippen molar-refractivity contribution in [1.82, 2.24) is 29.6 Å². The number of fused-ring (bicyclic) bond motifs is 2. The number of carbonyl (C=O) groups excluding carboxylic acids is 1. The Kier molecular flexibility index (Phi) is 4.61. The van der Waals surface area contributed by atoms with Crippen molar-refractivity contribution in [2.45, 2.75) is 53.6 Å². The summed E-state index contributed by atoms with van der Waals surface area (Å²) >= 11 is 0. The third-order valence-corrected chi connectivity index (χ3v) is 5.42. The lowest BCUT2D eigenvalue weighted by atomic mass is 10.0. The van der Waals surface area contributed by atoms with Crippen LogP contribution in [0.15, 0.2) is 18.2 Å². The molecule has 0 spiro atoms. The molecule has 0 unspecified atom stereocenters. The molecule has 0 bridgehead atoms. The Hall–Kier alpha value is -2.83. The first-order chi connectivity index (χ1) is 13.3. The molecule has 28 heavy (non-hydrogen) atoms. The zero-order chi connectivity index (χ0) is 20.0. The van der Waals surface area contributed by atoms with E-state index in [-0.39, 0.29) is 11.9 Å². The van der Waals surface area contributed by atoms with Crippen molar-refractivity contribution in [3.05, 3.63) is 46.8 Å². The summed E-state index contributed by atoms with van der Waals surface area (Å²) in [5.41, 5.74) is 4.00. The van der Waals surface area contributed by atoms with Gasteiger partial charge in [-0.05, 0) is 51.3 Å². The van der Waals surface area contributed by atoms with Crippen molar-refractivity contribution in [3.63, 3.8) is 0 Å². The topological polar surface area (TPSA) is 76.8 Å². The van der Waals surface area contributed by atoms with Crippen molar-refractivity contribution in [2.75, 3.05) is 6.54 Å². The van der Waals surface area contributed by atoms with Crippen LogP contribution >= 0.6 is 0 Å². The summed E-state index contributed by atoms with van der Waals surface area (Å²) in [5, 5.41) is 8.55. The number of benzene rings is 1. The van der Waals surface area contributed by atoms with E-state index >= 15 is 0 Å². The van der Waals surface area contributed by atoms with Crippen LogP contribution in [0.1, 0.15) is 59.7 Å². The van der Waals surface area contributed by atoms with Crippen LogP contribution in [0.3, 0.4) is 0 Å². The number of rotatable bonds is 3. The van der Waals surface area contributed by atoms with E-state index in [1.54, 1.807) is 0 Å². The van der Waals surface area contributed by atoms with Crippen LogP contribution in [0.2, 0.25) is 0 Å². The predicted octanol–water partition coefficient (Wildman–Crippen LogP) is 3.39. The van der Waals surface area contributed by atoms with Crippen molar-refractivity contribution in [3.8, 4) is 0 Å². The quantitative estimate of drug-likeness (QED) is 0.698. The summed E-state index contributed by atoms with van der Waals surface area (Å²) in [5.74, 6) is 2.30. The molecule has 0 radical (unpaired) electrons. The Morgan fingerprint density at radius 1 is 1.11 bits per heavy atom. The summed E-state index contributed by atoms with van der Waals surface area (Å²) in [6.07, 6.45) is 0.983. The minimum absolute atomic E-state index is 0.00240. The summed E-state index contributed by atoms with van der Waals surface area (Å²) in [6, 6.07) is 5.77. The summed E-state index contributed by atoms with van der Waals surface area (Å²) in [6.45, 7) is 11.4. The molecule has 1 aromatic carbocycles. The number of carbonyl (C=O) groups is 1. The van der Waals surface area contributed by atoms with E-state index in [1.165, 1.54) is 0 Å². The third-order valence-electron chi connectivity index (χ3n) is 5.42. The highest BCUT2D eigenvalue weighted by Crippen LogP contribution is 2.28. The molecular formula is C21H26N6O.